The summed E-state index contributed by atoms with van der Waals surface area (Å²) in [5.74, 6) is 1.50. The molecule has 0 unspecified atom stereocenters. The molecule has 0 saturated carbocycles. The van der Waals surface area contributed by atoms with Crippen molar-refractivity contribution in [2.45, 2.75) is 19.4 Å². The van der Waals surface area contributed by atoms with Crippen LogP contribution in [0, 0.1) is 18.2 Å². The van der Waals surface area contributed by atoms with E-state index in [4.69, 9.17) is 12.2 Å². The van der Waals surface area contributed by atoms with Crippen LogP contribution in [0.25, 0.3) is 0 Å². The van der Waals surface area contributed by atoms with Gasteiger partial charge in [0.15, 0.2) is 0 Å². The number of nitrogen functional groups attached to an aromatic ring is 1. The smallest absolute Gasteiger partial charge is 0.252 e. The van der Waals surface area contributed by atoms with Crippen LogP contribution in [-0.2, 0) is 0 Å². The maximum absolute atomic E-state index is 12.9. The van der Waals surface area contributed by atoms with Crippen LogP contribution in [0.4, 0.5) is 10.1 Å². The number of terminal acetylenes is 1. The highest BCUT2D eigenvalue weighted by Crippen LogP contribution is 2.13. The fourth-order valence-electron chi connectivity index (χ4n) is 1.08. The summed E-state index contributed by atoms with van der Waals surface area (Å²) < 4.78 is 12.9. The summed E-state index contributed by atoms with van der Waals surface area (Å²) in [7, 11) is 0. The molecule has 0 aliphatic carbocycles. The molecule has 84 valence electrons. The topological polar surface area (TPSA) is 55.1 Å². The van der Waals surface area contributed by atoms with Crippen LogP contribution in [0.1, 0.15) is 24.2 Å². The SMILES string of the molecule is C#CC(C)(C)NC(=O)c1ccc(F)c(N)c1. The number of hydrogen-bond donors (Lipinski definition) is 2. The van der Waals surface area contributed by atoms with E-state index in [1.165, 1.54) is 12.1 Å². The summed E-state index contributed by atoms with van der Waals surface area (Å²) in [5, 5.41) is 2.62. The minimum atomic E-state index is -0.750. The van der Waals surface area contributed by atoms with Gasteiger partial charge < -0.3 is 11.1 Å². The van der Waals surface area contributed by atoms with Crippen molar-refractivity contribution in [3.8, 4) is 12.3 Å². The Hall–Kier alpha value is -2.02. The molecule has 0 aliphatic rings. The van der Waals surface area contributed by atoms with Gasteiger partial charge in [-0.05, 0) is 32.0 Å². The minimum absolute atomic E-state index is 0.0637. The van der Waals surface area contributed by atoms with Gasteiger partial charge in [0.2, 0.25) is 0 Å². The second-order valence-corrected chi connectivity index (χ2v) is 3.96. The van der Waals surface area contributed by atoms with Crippen molar-refractivity contribution in [1.29, 1.82) is 0 Å². The lowest BCUT2D eigenvalue weighted by Crippen LogP contribution is -2.42. The molecular formula is C12H13FN2O. The molecular weight excluding hydrogens is 207 g/mol. The molecule has 0 fully saturated rings. The van der Waals surface area contributed by atoms with Crippen molar-refractivity contribution in [3.05, 3.63) is 29.6 Å². The molecule has 1 aromatic carbocycles. The highest BCUT2D eigenvalue weighted by molar-refractivity contribution is 5.95. The van der Waals surface area contributed by atoms with Crippen molar-refractivity contribution in [1.82, 2.24) is 5.32 Å². The van der Waals surface area contributed by atoms with Gasteiger partial charge in [0, 0.05) is 5.56 Å². The quantitative estimate of drug-likeness (QED) is 0.587. The van der Waals surface area contributed by atoms with E-state index in [9.17, 15) is 9.18 Å². The lowest BCUT2D eigenvalue weighted by Gasteiger charge is -2.19. The van der Waals surface area contributed by atoms with E-state index in [1.807, 2.05) is 0 Å². The predicted octanol–water partition coefficient (Wildman–Crippen LogP) is 1.55. The number of halogens is 1. The number of rotatable bonds is 2. The first-order chi connectivity index (χ1) is 7.35. The Morgan fingerprint density at radius 2 is 2.19 bits per heavy atom. The molecule has 0 spiro atoms. The number of benzene rings is 1. The molecule has 0 radical (unpaired) electrons. The summed E-state index contributed by atoms with van der Waals surface area (Å²) >= 11 is 0. The summed E-state index contributed by atoms with van der Waals surface area (Å²) in [6.07, 6.45) is 5.24. The minimum Gasteiger partial charge on any atom is -0.396 e. The van der Waals surface area contributed by atoms with Gasteiger partial charge in [0.25, 0.3) is 5.91 Å². The lowest BCUT2D eigenvalue weighted by atomic mass is 10.1. The number of carbonyl (C=O) groups excluding carboxylic acids is 1. The maximum atomic E-state index is 12.9. The van der Waals surface area contributed by atoms with E-state index < -0.39 is 11.4 Å². The van der Waals surface area contributed by atoms with Gasteiger partial charge in [-0.3, -0.25) is 4.79 Å². The van der Waals surface area contributed by atoms with E-state index in [1.54, 1.807) is 13.8 Å². The molecule has 0 heterocycles. The predicted molar refractivity (Wildman–Crippen MR) is 61.2 cm³/mol. The first-order valence-corrected chi connectivity index (χ1v) is 4.71. The Morgan fingerprint density at radius 1 is 1.56 bits per heavy atom. The molecule has 16 heavy (non-hydrogen) atoms. The van der Waals surface area contributed by atoms with Crippen molar-refractivity contribution < 1.29 is 9.18 Å². The van der Waals surface area contributed by atoms with Gasteiger partial charge in [-0.1, -0.05) is 5.92 Å². The van der Waals surface area contributed by atoms with Crippen molar-refractivity contribution >= 4 is 11.6 Å². The molecule has 3 nitrogen and oxygen atoms in total. The Morgan fingerprint density at radius 3 is 2.69 bits per heavy atom. The molecule has 0 bridgehead atoms. The normalized spacial score (nSPS) is 10.6. The zero-order valence-electron chi connectivity index (χ0n) is 9.17. The molecule has 0 saturated heterocycles. The summed E-state index contributed by atoms with van der Waals surface area (Å²) in [5.41, 5.74) is 4.83. The Bertz CT molecular complexity index is 461. The third-order valence-electron chi connectivity index (χ3n) is 2.05. The molecule has 0 aromatic heterocycles. The van der Waals surface area contributed by atoms with Gasteiger partial charge in [-0.25, -0.2) is 4.39 Å². The molecule has 3 N–H and O–H groups in total. The largest absolute Gasteiger partial charge is 0.396 e. The Kier molecular flexibility index (Phi) is 3.19. The average molecular weight is 220 g/mol. The number of amides is 1. The Balaban J connectivity index is 2.91. The standard InChI is InChI=1S/C12H13FN2O/c1-4-12(2,3)15-11(16)8-5-6-9(13)10(14)7-8/h1,5-7H,14H2,2-3H3,(H,15,16). The van der Waals surface area contributed by atoms with Crippen LogP contribution in [0.2, 0.25) is 0 Å². The Labute approximate surface area is 93.8 Å². The van der Waals surface area contributed by atoms with Gasteiger partial charge >= 0.3 is 0 Å². The molecule has 0 aliphatic heterocycles. The monoisotopic (exact) mass is 220 g/mol. The van der Waals surface area contributed by atoms with Crippen LogP contribution >= 0.6 is 0 Å². The molecule has 1 amide bonds. The third kappa shape index (κ3) is 2.74. The second-order valence-electron chi connectivity index (χ2n) is 3.96. The van der Waals surface area contributed by atoms with E-state index in [2.05, 4.69) is 11.2 Å². The molecule has 1 aromatic rings. The third-order valence-corrected chi connectivity index (χ3v) is 2.05. The summed E-state index contributed by atoms with van der Waals surface area (Å²) in [4.78, 5) is 11.7. The second kappa shape index (κ2) is 4.23. The molecule has 4 heteroatoms. The van der Waals surface area contributed by atoms with Gasteiger partial charge in [0.1, 0.15) is 5.82 Å². The average Bonchev–Trinajstić information content (AvgIpc) is 2.21. The van der Waals surface area contributed by atoms with E-state index in [0.717, 1.165) is 6.07 Å². The number of hydrogen-bond acceptors (Lipinski definition) is 2. The lowest BCUT2D eigenvalue weighted by molar-refractivity contribution is 0.0930. The fraction of sp³-hybridized carbons (Fsp3) is 0.250. The van der Waals surface area contributed by atoms with Crippen molar-refractivity contribution in [2.24, 2.45) is 0 Å². The van der Waals surface area contributed by atoms with Crippen LogP contribution in [0.3, 0.4) is 0 Å². The summed E-state index contributed by atoms with van der Waals surface area (Å²) in [6, 6.07) is 3.78. The summed E-state index contributed by atoms with van der Waals surface area (Å²) in [6.45, 7) is 3.38. The highest BCUT2D eigenvalue weighted by Gasteiger charge is 2.18. The molecule has 1 rings (SSSR count). The number of nitrogens with two attached hydrogens (primary N) is 1. The van der Waals surface area contributed by atoms with E-state index in [0.29, 0.717) is 0 Å². The van der Waals surface area contributed by atoms with Crippen LogP contribution < -0.4 is 11.1 Å². The zero-order valence-corrected chi connectivity index (χ0v) is 9.17. The zero-order chi connectivity index (χ0) is 12.3. The van der Waals surface area contributed by atoms with Gasteiger partial charge in [0.05, 0.1) is 11.2 Å². The van der Waals surface area contributed by atoms with Gasteiger partial charge in [-0.15, -0.1) is 6.42 Å². The number of anilines is 1. The van der Waals surface area contributed by atoms with Crippen LogP contribution in [-0.4, -0.2) is 11.4 Å². The van der Waals surface area contributed by atoms with Crippen LogP contribution in [0.15, 0.2) is 18.2 Å². The van der Waals surface area contributed by atoms with Crippen molar-refractivity contribution in [3.63, 3.8) is 0 Å². The van der Waals surface area contributed by atoms with Crippen LogP contribution in [0.5, 0.6) is 0 Å². The maximum Gasteiger partial charge on any atom is 0.252 e. The number of carbonyl (C=O) groups is 1. The van der Waals surface area contributed by atoms with Crippen molar-refractivity contribution in [2.75, 3.05) is 5.73 Å². The highest BCUT2D eigenvalue weighted by atomic mass is 19.1. The van der Waals surface area contributed by atoms with Gasteiger partial charge in [-0.2, -0.15) is 0 Å². The van der Waals surface area contributed by atoms with E-state index in [-0.39, 0.29) is 17.2 Å². The number of nitrogens with one attached hydrogen (secondary N) is 1. The van der Waals surface area contributed by atoms with E-state index >= 15 is 0 Å². The molecule has 0 atom stereocenters. The fourth-order valence-corrected chi connectivity index (χ4v) is 1.08. The first kappa shape index (κ1) is 12.1. The first-order valence-electron chi connectivity index (χ1n) is 4.71.